The number of carbonyl (C=O) groups excluding carboxylic acids is 1. The number of ether oxygens (including phenoxy) is 1. The van der Waals surface area contributed by atoms with Crippen molar-refractivity contribution in [2.75, 3.05) is 19.8 Å². The van der Waals surface area contributed by atoms with Gasteiger partial charge in [0.15, 0.2) is 0 Å². The molecule has 2 saturated carbocycles. The molecule has 5 heteroatoms. The van der Waals surface area contributed by atoms with Crippen LogP contribution in [0.3, 0.4) is 0 Å². The number of fused-ring (bicyclic) bond motifs is 2. The predicted molar refractivity (Wildman–Crippen MR) is 72.1 cm³/mol. The highest BCUT2D eigenvalue weighted by atomic mass is 16.5. The molecule has 5 atom stereocenters. The van der Waals surface area contributed by atoms with Crippen molar-refractivity contribution in [1.29, 1.82) is 0 Å². The summed E-state index contributed by atoms with van der Waals surface area (Å²) in [6.07, 6.45) is 4.63. The van der Waals surface area contributed by atoms with Crippen LogP contribution in [0.5, 0.6) is 0 Å². The number of carboxylic acids is 1. The molecule has 112 valence electrons. The molecule has 5 nitrogen and oxygen atoms in total. The van der Waals surface area contributed by atoms with Crippen molar-refractivity contribution in [2.45, 2.75) is 38.6 Å². The normalized spacial score (nSPS) is 39.1. The van der Waals surface area contributed by atoms with Gasteiger partial charge in [-0.1, -0.05) is 6.42 Å². The average molecular weight is 281 g/mol. The molecule has 1 saturated heterocycles. The first kappa shape index (κ1) is 13.9. The number of aliphatic carboxylic acids is 1. The van der Waals surface area contributed by atoms with E-state index >= 15 is 0 Å². The van der Waals surface area contributed by atoms with E-state index in [1.807, 2.05) is 6.92 Å². The second-order valence-corrected chi connectivity index (χ2v) is 6.46. The highest BCUT2D eigenvalue weighted by Gasteiger charge is 2.47. The van der Waals surface area contributed by atoms with Crippen LogP contribution in [0.15, 0.2) is 0 Å². The minimum atomic E-state index is -0.855. The van der Waals surface area contributed by atoms with Crippen molar-refractivity contribution in [3.8, 4) is 0 Å². The maximum Gasteiger partial charge on any atom is 0.311 e. The van der Waals surface area contributed by atoms with Gasteiger partial charge < -0.3 is 14.7 Å². The van der Waals surface area contributed by atoms with E-state index in [9.17, 15) is 14.7 Å². The number of carbonyl (C=O) groups is 2. The zero-order chi connectivity index (χ0) is 14.3. The molecule has 3 fully saturated rings. The highest BCUT2D eigenvalue weighted by Crippen LogP contribution is 2.49. The Morgan fingerprint density at radius 2 is 2.00 bits per heavy atom. The zero-order valence-corrected chi connectivity index (χ0v) is 12.0. The minimum Gasteiger partial charge on any atom is -0.481 e. The molecular formula is C15H23NO4. The molecule has 0 aromatic heterocycles. The summed E-state index contributed by atoms with van der Waals surface area (Å²) in [6.45, 7) is 3.09. The molecule has 0 aromatic rings. The van der Waals surface area contributed by atoms with Gasteiger partial charge in [-0.2, -0.15) is 0 Å². The lowest BCUT2D eigenvalue weighted by Crippen LogP contribution is -2.49. The second kappa shape index (κ2) is 5.35. The SMILES string of the molecule is CCN(C(=O)C1CC2CCC1C2)C1COCC1C(=O)O. The molecule has 0 radical (unpaired) electrons. The molecular weight excluding hydrogens is 258 g/mol. The van der Waals surface area contributed by atoms with Crippen LogP contribution in [0.25, 0.3) is 0 Å². The summed E-state index contributed by atoms with van der Waals surface area (Å²) in [5, 5.41) is 9.26. The van der Waals surface area contributed by atoms with Gasteiger partial charge in [0.25, 0.3) is 0 Å². The van der Waals surface area contributed by atoms with Crippen molar-refractivity contribution in [3.05, 3.63) is 0 Å². The minimum absolute atomic E-state index is 0.128. The van der Waals surface area contributed by atoms with E-state index in [-0.39, 0.29) is 24.5 Å². The van der Waals surface area contributed by atoms with Crippen LogP contribution in [0, 0.1) is 23.7 Å². The number of nitrogens with zero attached hydrogens (tertiary/aromatic N) is 1. The fourth-order valence-electron chi connectivity index (χ4n) is 4.40. The van der Waals surface area contributed by atoms with Crippen LogP contribution in [-0.2, 0) is 14.3 Å². The molecule has 3 rings (SSSR count). The smallest absolute Gasteiger partial charge is 0.311 e. The molecule has 1 amide bonds. The first-order chi connectivity index (χ1) is 9.61. The topological polar surface area (TPSA) is 66.8 Å². The number of hydrogen-bond donors (Lipinski definition) is 1. The summed E-state index contributed by atoms with van der Waals surface area (Å²) in [4.78, 5) is 25.9. The summed E-state index contributed by atoms with van der Waals surface area (Å²) in [6, 6.07) is -0.288. The Labute approximate surface area is 119 Å². The van der Waals surface area contributed by atoms with Crippen LogP contribution < -0.4 is 0 Å². The largest absolute Gasteiger partial charge is 0.481 e. The number of hydrogen-bond acceptors (Lipinski definition) is 3. The zero-order valence-electron chi connectivity index (χ0n) is 12.0. The Balaban J connectivity index is 1.72. The van der Waals surface area contributed by atoms with Gasteiger partial charge in [-0.25, -0.2) is 0 Å². The molecule has 1 heterocycles. The maximum atomic E-state index is 12.8. The van der Waals surface area contributed by atoms with Crippen molar-refractivity contribution >= 4 is 11.9 Å². The molecule has 0 spiro atoms. The van der Waals surface area contributed by atoms with E-state index in [0.717, 1.165) is 12.3 Å². The third-order valence-electron chi connectivity index (χ3n) is 5.45. The first-order valence-electron chi connectivity index (χ1n) is 7.72. The summed E-state index contributed by atoms with van der Waals surface area (Å²) >= 11 is 0. The van der Waals surface area contributed by atoms with E-state index < -0.39 is 11.9 Å². The summed E-state index contributed by atoms with van der Waals surface area (Å²) < 4.78 is 5.31. The Morgan fingerprint density at radius 1 is 1.20 bits per heavy atom. The summed E-state index contributed by atoms with van der Waals surface area (Å²) in [5.41, 5.74) is 0. The maximum absolute atomic E-state index is 12.8. The highest BCUT2D eigenvalue weighted by molar-refractivity contribution is 5.81. The number of carboxylic acid groups (broad SMARTS) is 1. The molecule has 2 aliphatic carbocycles. The van der Waals surface area contributed by atoms with E-state index in [4.69, 9.17) is 4.74 Å². The standard InChI is InChI=1S/C15H23NO4/c1-2-16(13-8-20-7-12(13)15(18)19)14(17)11-6-9-3-4-10(11)5-9/h9-13H,2-8H2,1H3,(H,18,19). The van der Waals surface area contributed by atoms with Crippen LogP contribution in [-0.4, -0.2) is 47.7 Å². The monoisotopic (exact) mass is 281 g/mol. The van der Waals surface area contributed by atoms with Gasteiger partial charge >= 0.3 is 5.97 Å². The lowest BCUT2D eigenvalue weighted by Gasteiger charge is -2.34. The van der Waals surface area contributed by atoms with Crippen LogP contribution in [0.2, 0.25) is 0 Å². The van der Waals surface area contributed by atoms with E-state index in [1.165, 1.54) is 19.3 Å². The van der Waals surface area contributed by atoms with Crippen molar-refractivity contribution < 1.29 is 19.4 Å². The van der Waals surface area contributed by atoms with Gasteiger partial charge in [-0.15, -0.1) is 0 Å². The van der Waals surface area contributed by atoms with E-state index in [2.05, 4.69) is 0 Å². The molecule has 3 aliphatic rings. The van der Waals surface area contributed by atoms with Gasteiger partial charge in [0.05, 0.1) is 19.3 Å². The van der Waals surface area contributed by atoms with Crippen LogP contribution >= 0.6 is 0 Å². The van der Waals surface area contributed by atoms with Gasteiger partial charge in [0.1, 0.15) is 5.92 Å². The van der Waals surface area contributed by atoms with Gasteiger partial charge in [-0.05, 0) is 38.0 Å². The van der Waals surface area contributed by atoms with Crippen molar-refractivity contribution in [2.24, 2.45) is 23.7 Å². The fraction of sp³-hybridized carbons (Fsp3) is 0.867. The third kappa shape index (κ3) is 2.22. The van der Waals surface area contributed by atoms with Crippen LogP contribution in [0.4, 0.5) is 0 Å². The average Bonchev–Trinajstić information content (AvgIpc) is 3.15. The Morgan fingerprint density at radius 3 is 2.55 bits per heavy atom. The van der Waals surface area contributed by atoms with Crippen LogP contribution in [0.1, 0.15) is 32.6 Å². The molecule has 2 bridgehead atoms. The fourth-order valence-corrected chi connectivity index (χ4v) is 4.40. The number of likely N-dealkylation sites (N-methyl/N-ethyl adjacent to an activating group) is 1. The lowest BCUT2D eigenvalue weighted by molar-refractivity contribution is -0.146. The molecule has 1 aliphatic heterocycles. The van der Waals surface area contributed by atoms with Crippen molar-refractivity contribution in [3.63, 3.8) is 0 Å². The lowest BCUT2D eigenvalue weighted by atomic mass is 9.87. The van der Waals surface area contributed by atoms with E-state index in [0.29, 0.717) is 19.1 Å². The molecule has 20 heavy (non-hydrogen) atoms. The van der Waals surface area contributed by atoms with Gasteiger partial charge in [-0.3, -0.25) is 9.59 Å². The number of rotatable bonds is 4. The van der Waals surface area contributed by atoms with E-state index in [1.54, 1.807) is 4.90 Å². The number of amides is 1. The molecule has 5 unspecified atom stereocenters. The Kier molecular flexibility index (Phi) is 3.71. The predicted octanol–water partition coefficient (Wildman–Crippen LogP) is 1.37. The Hall–Kier alpha value is -1.10. The summed E-state index contributed by atoms with van der Waals surface area (Å²) in [7, 11) is 0. The molecule has 0 aromatic carbocycles. The molecule has 1 N–H and O–H groups in total. The Bertz CT molecular complexity index is 411. The second-order valence-electron chi connectivity index (χ2n) is 6.46. The van der Waals surface area contributed by atoms with Gasteiger partial charge in [0.2, 0.25) is 5.91 Å². The third-order valence-corrected chi connectivity index (χ3v) is 5.45. The quantitative estimate of drug-likeness (QED) is 0.845. The van der Waals surface area contributed by atoms with Crippen molar-refractivity contribution in [1.82, 2.24) is 4.90 Å². The van der Waals surface area contributed by atoms with Gasteiger partial charge in [0, 0.05) is 12.5 Å². The summed E-state index contributed by atoms with van der Waals surface area (Å²) in [5.74, 6) is 0.129. The first-order valence-corrected chi connectivity index (χ1v) is 7.72.